The average Bonchev–Trinajstić information content (AvgIpc) is 2.75. The first-order valence-corrected chi connectivity index (χ1v) is 5.49. The molecule has 0 amide bonds. The van der Waals surface area contributed by atoms with Gasteiger partial charge >= 0.3 is 5.97 Å². The zero-order valence-corrected chi connectivity index (χ0v) is 9.44. The lowest BCUT2D eigenvalue weighted by atomic mass is 10.2. The second-order valence-electron chi connectivity index (χ2n) is 3.00. The number of hydrogen-bond donors (Lipinski definition) is 2. The Balaban J connectivity index is 2.72. The highest BCUT2D eigenvalue weighted by atomic mass is 32.1. The maximum atomic E-state index is 11.1. The maximum Gasteiger partial charge on any atom is 0.338 e. The van der Waals surface area contributed by atoms with Crippen LogP contribution in [0.25, 0.3) is 0 Å². The summed E-state index contributed by atoms with van der Waals surface area (Å²) >= 11 is 1.02. The molecule has 0 aliphatic rings. The van der Waals surface area contributed by atoms with E-state index in [1.54, 1.807) is 6.92 Å². The zero-order valence-electron chi connectivity index (χ0n) is 8.62. The van der Waals surface area contributed by atoms with Crippen LogP contribution in [-0.4, -0.2) is 35.2 Å². The summed E-state index contributed by atoms with van der Waals surface area (Å²) in [6, 6.07) is 3.00. The predicted octanol–water partition coefficient (Wildman–Crippen LogP) is 0.518. The Hall–Kier alpha value is -1.24. The molecule has 0 saturated carbocycles. The summed E-state index contributed by atoms with van der Waals surface area (Å²) < 4.78 is 4.57. The van der Waals surface area contributed by atoms with Crippen LogP contribution in [0.5, 0.6) is 0 Å². The number of ether oxygens (including phenoxy) is 1. The van der Waals surface area contributed by atoms with Crippen molar-refractivity contribution in [3.05, 3.63) is 21.9 Å². The molecule has 5 nitrogen and oxygen atoms in total. The Labute approximate surface area is 96.3 Å². The van der Waals surface area contributed by atoms with Crippen molar-refractivity contribution in [1.29, 1.82) is 0 Å². The Kier molecular flexibility index (Phi) is 4.60. The van der Waals surface area contributed by atoms with Gasteiger partial charge in [0.05, 0.1) is 11.5 Å². The first kappa shape index (κ1) is 12.8. The van der Waals surface area contributed by atoms with E-state index in [1.165, 1.54) is 12.1 Å². The Morgan fingerprint density at radius 3 is 2.75 bits per heavy atom. The number of carbonyl (C=O) groups excluding carboxylic acids is 2. The first-order valence-electron chi connectivity index (χ1n) is 4.67. The van der Waals surface area contributed by atoms with E-state index in [0.29, 0.717) is 16.0 Å². The molecule has 88 valence electrons. The highest BCUT2D eigenvalue weighted by Gasteiger charge is 2.27. The number of esters is 1. The standard InChI is InChI=1S/C10H12O5S/c1-2-15-10(14)9(13)8(12)7-4-3-6(5-11)16-7/h3-5,8-9,12-13H,2H2,1H3. The molecule has 1 aromatic rings. The van der Waals surface area contributed by atoms with E-state index >= 15 is 0 Å². The molecule has 0 radical (unpaired) electrons. The molecular formula is C10H12O5S. The fourth-order valence-electron chi connectivity index (χ4n) is 1.10. The zero-order chi connectivity index (χ0) is 12.1. The van der Waals surface area contributed by atoms with Gasteiger partial charge < -0.3 is 14.9 Å². The lowest BCUT2D eigenvalue weighted by molar-refractivity contribution is -0.159. The summed E-state index contributed by atoms with van der Waals surface area (Å²) in [5, 5.41) is 19.1. The van der Waals surface area contributed by atoms with Gasteiger partial charge in [0.1, 0.15) is 6.10 Å². The number of aliphatic hydroxyl groups excluding tert-OH is 2. The summed E-state index contributed by atoms with van der Waals surface area (Å²) in [6.07, 6.45) is -2.35. The van der Waals surface area contributed by atoms with Crippen molar-refractivity contribution >= 4 is 23.6 Å². The van der Waals surface area contributed by atoms with E-state index in [4.69, 9.17) is 0 Å². The molecule has 0 aliphatic heterocycles. The topological polar surface area (TPSA) is 83.8 Å². The summed E-state index contributed by atoms with van der Waals surface area (Å²) in [7, 11) is 0. The molecule has 1 heterocycles. The SMILES string of the molecule is CCOC(=O)C(O)C(O)c1ccc(C=O)s1. The average molecular weight is 244 g/mol. The summed E-state index contributed by atoms with van der Waals surface area (Å²) in [4.78, 5) is 22.3. The minimum atomic E-state index is -1.63. The van der Waals surface area contributed by atoms with Gasteiger partial charge in [0.2, 0.25) is 0 Å². The highest BCUT2D eigenvalue weighted by Crippen LogP contribution is 2.25. The van der Waals surface area contributed by atoms with Crippen LogP contribution in [0.2, 0.25) is 0 Å². The van der Waals surface area contributed by atoms with E-state index in [9.17, 15) is 19.8 Å². The third-order valence-electron chi connectivity index (χ3n) is 1.88. The highest BCUT2D eigenvalue weighted by molar-refractivity contribution is 7.13. The molecule has 0 spiro atoms. The van der Waals surface area contributed by atoms with Crippen LogP contribution in [0.4, 0.5) is 0 Å². The Morgan fingerprint density at radius 1 is 1.56 bits per heavy atom. The molecule has 1 rings (SSSR count). The van der Waals surface area contributed by atoms with Crippen LogP contribution < -0.4 is 0 Å². The lowest BCUT2D eigenvalue weighted by Gasteiger charge is -2.14. The fraction of sp³-hybridized carbons (Fsp3) is 0.400. The molecule has 2 atom stereocenters. The lowest BCUT2D eigenvalue weighted by Crippen LogP contribution is -2.29. The summed E-state index contributed by atoms with van der Waals surface area (Å²) in [6.45, 7) is 1.74. The summed E-state index contributed by atoms with van der Waals surface area (Å²) in [5.41, 5.74) is 0. The molecule has 2 unspecified atom stereocenters. The van der Waals surface area contributed by atoms with Gasteiger partial charge in [0.15, 0.2) is 12.4 Å². The maximum absolute atomic E-state index is 11.1. The molecule has 16 heavy (non-hydrogen) atoms. The molecular weight excluding hydrogens is 232 g/mol. The largest absolute Gasteiger partial charge is 0.464 e. The van der Waals surface area contributed by atoms with E-state index in [2.05, 4.69) is 4.74 Å². The number of rotatable bonds is 5. The van der Waals surface area contributed by atoms with Crippen molar-refractivity contribution in [3.63, 3.8) is 0 Å². The van der Waals surface area contributed by atoms with Gasteiger partial charge in [-0.1, -0.05) is 0 Å². The molecule has 2 N–H and O–H groups in total. The van der Waals surface area contributed by atoms with Gasteiger partial charge in [-0.05, 0) is 19.1 Å². The number of carbonyl (C=O) groups is 2. The van der Waals surface area contributed by atoms with Crippen LogP contribution >= 0.6 is 11.3 Å². The van der Waals surface area contributed by atoms with Crippen molar-refractivity contribution in [1.82, 2.24) is 0 Å². The number of aldehydes is 1. The second-order valence-corrected chi connectivity index (χ2v) is 4.15. The van der Waals surface area contributed by atoms with Gasteiger partial charge in [-0.15, -0.1) is 11.3 Å². The third kappa shape index (κ3) is 2.88. The predicted molar refractivity (Wildman–Crippen MR) is 57.3 cm³/mol. The summed E-state index contributed by atoms with van der Waals surface area (Å²) in [5.74, 6) is -0.879. The number of thiophene rings is 1. The van der Waals surface area contributed by atoms with Crippen LogP contribution in [-0.2, 0) is 9.53 Å². The van der Waals surface area contributed by atoms with E-state index in [0.717, 1.165) is 11.3 Å². The fourth-order valence-corrected chi connectivity index (χ4v) is 1.94. The van der Waals surface area contributed by atoms with Gasteiger partial charge in [-0.25, -0.2) is 4.79 Å². The number of hydrogen-bond acceptors (Lipinski definition) is 6. The van der Waals surface area contributed by atoms with Crippen LogP contribution in [0, 0.1) is 0 Å². The van der Waals surface area contributed by atoms with Crippen molar-refractivity contribution in [2.45, 2.75) is 19.1 Å². The van der Waals surface area contributed by atoms with Gasteiger partial charge in [0.25, 0.3) is 0 Å². The Morgan fingerprint density at radius 2 is 2.25 bits per heavy atom. The van der Waals surface area contributed by atoms with Crippen LogP contribution in [0.1, 0.15) is 27.6 Å². The molecule has 0 fully saturated rings. The van der Waals surface area contributed by atoms with E-state index < -0.39 is 18.2 Å². The van der Waals surface area contributed by atoms with Crippen molar-refractivity contribution in [2.24, 2.45) is 0 Å². The minimum Gasteiger partial charge on any atom is -0.464 e. The molecule has 6 heteroatoms. The monoisotopic (exact) mass is 244 g/mol. The molecule has 0 bridgehead atoms. The van der Waals surface area contributed by atoms with Crippen molar-refractivity contribution in [2.75, 3.05) is 6.61 Å². The number of aliphatic hydroxyl groups is 2. The van der Waals surface area contributed by atoms with Gasteiger partial charge in [-0.2, -0.15) is 0 Å². The normalized spacial score (nSPS) is 14.2. The van der Waals surface area contributed by atoms with Crippen LogP contribution in [0.3, 0.4) is 0 Å². The van der Waals surface area contributed by atoms with Crippen molar-refractivity contribution < 1.29 is 24.5 Å². The second kappa shape index (κ2) is 5.74. The molecule has 0 saturated heterocycles. The quantitative estimate of drug-likeness (QED) is 0.582. The minimum absolute atomic E-state index is 0.132. The van der Waals surface area contributed by atoms with Gasteiger partial charge in [-0.3, -0.25) is 4.79 Å². The Bertz CT molecular complexity index is 373. The van der Waals surface area contributed by atoms with Gasteiger partial charge in [0, 0.05) is 4.88 Å². The molecule has 0 aliphatic carbocycles. The smallest absolute Gasteiger partial charge is 0.338 e. The first-order chi connectivity index (χ1) is 7.60. The van der Waals surface area contributed by atoms with Crippen LogP contribution in [0.15, 0.2) is 12.1 Å². The van der Waals surface area contributed by atoms with Crippen molar-refractivity contribution in [3.8, 4) is 0 Å². The third-order valence-corrected chi connectivity index (χ3v) is 2.96. The van der Waals surface area contributed by atoms with E-state index in [1.807, 2.05) is 0 Å². The molecule has 0 aromatic carbocycles. The van der Waals surface area contributed by atoms with E-state index in [-0.39, 0.29) is 6.61 Å². The molecule has 1 aromatic heterocycles.